The third-order valence-electron chi connectivity index (χ3n) is 2.70. The number of aromatic nitrogens is 1. The van der Waals surface area contributed by atoms with Gasteiger partial charge in [0.05, 0.1) is 6.10 Å². The van der Waals surface area contributed by atoms with Crippen LogP contribution in [0.2, 0.25) is 0 Å². The Morgan fingerprint density at radius 1 is 1.31 bits per heavy atom. The highest BCUT2D eigenvalue weighted by Crippen LogP contribution is 2.23. The van der Waals surface area contributed by atoms with E-state index in [-0.39, 0.29) is 0 Å². The van der Waals surface area contributed by atoms with Gasteiger partial charge in [-0.3, -0.25) is 0 Å². The highest BCUT2D eigenvalue weighted by atomic mass is 16.3. The molecule has 16 heavy (non-hydrogen) atoms. The van der Waals surface area contributed by atoms with Gasteiger partial charge in [-0.05, 0) is 6.07 Å². The standard InChI is InChI=1S/C13H18N2O/c1-9(2)14-8-13(16)11-7-15-12-6-4-3-5-10(11)12/h3-7,9,13-16H,8H2,1-2H3. The molecular weight excluding hydrogens is 200 g/mol. The lowest BCUT2D eigenvalue weighted by Gasteiger charge is -2.13. The van der Waals surface area contributed by atoms with E-state index in [1.54, 1.807) is 0 Å². The van der Waals surface area contributed by atoms with Crippen LogP contribution in [0.4, 0.5) is 0 Å². The molecular formula is C13H18N2O. The monoisotopic (exact) mass is 218 g/mol. The molecule has 2 aromatic rings. The van der Waals surface area contributed by atoms with E-state index in [2.05, 4.69) is 24.1 Å². The molecule has 1 aromatic carbocycles. The summed E-state index contributed by atoms with van der Waals surface area (Å²) in [6.45, 7) is 4.73. The van der Waals surface area contributed by atoms with Gasteiger partial charge in [-0.1, -0.05) is 32.0 Å². The number of hydrogen-bond donors (Lipinski definition) is 3. The normalized spacial score (nSPS) is 13.5. The molecule has 3 heteroatoms. The fraction of sp³-hybridized carbons (Fsp3) is 0.385. The Balaban J connectivity index is 2.19. The summed E-state index contributed by atoms with van der Waals surface area (Å²) in [5.41, 5.74) is 2.03. The Bertz CT molecular complexity index is 462. The molecule has 1 atom stereocenters. The van der Waals surface area contributed by atoms with Gasteiger partial charge in [0.15, 0.2) is 0 Å². The van der Waals surface area contributed by atoms with Crippen molar-refractivity contribution in [3.63, 3.8) is 0 Å². The summed E-state index contributed by atoms with van der Waals surface area (Å²) in [6, 6.07) is 8.41. The number of rotatable bonds is 4. The van der Waals surface area contributed by atoms with Crippen molar-refractivity contribution in [1.82, 2.24) is 10.3 Å². The van der Waals surface area contributed by atoms with Crippen molar-refractivity contribution < 1.29 is 5.11 Å². The summed E-state index contributed by atoms with van der Waals surface area (Å²) >= 11 is 0. The predicted molar refractivity (Wildman–Crippen MR) is 66.4 cm³/mol. The summed E-state index contributed by atoms with van der Waals surface area (Å²) in [6.07, 6.45) is 1.43. The average molecular weight is 218 g/mol. The number of hydrogen-bond acceptors (Lipinski definition) is 2. The second-order valence-electron chi connectivity index (χ2n) is 4.37. The topological polar surface area (TPSA) is 48.0 Å². The maximum absolute atomic E-state index is 10.1. The number of fused-ring (bicyclic) bond motifs is 1. The molecule has 3 nitrogen and oxygen atoms in total. The first-order valence-corrected chi connectivity index (χ1v) is 5.66. The first-order chi connectivity index (χ1) is 7.68. The minimum atomic E-state index is -0.460. The Morgan fingerprint density at radius 2 is 2.06 bits per heavy atom. The molecule has 1 aromatic heterocycles. The van der Waals surface area contributed by atoms with Gasteiger partial charge in [0.1, 0.15) is 0 Å². The molecule has 0 spiro atoms. The Labute approximate surface area is 95.5 Å². The zero-order valence-electron chi connectivity index (χ0n) is 9.70. The summed E-state index contributed by atoms with van der Waals surface area (Å²) < 4.78 is 0. The Morgan fingerprint density at radius 3 is 2.81 bits per heavy atom. The van der Waals surface area contributed by atoms with Crippen LogP contribution in [-0.4, -0.2) is 22.7 Å². The lowest BCUT2D eigenvalue weighted by Crippen LogP contribution is -2.27. The van der Waals surface area contributed by atoms with Crippen molar-refractivity contribution in [3.05, 3.63) is 36.0 Å². The van der Waals surface area contributed by atoms with E-state index in [0.717, 1.165) is 16.5 Å². The zero-order chi connectivity index (χ0) is 11.5. The second kappa shape index (κ2) is 4.68. The molecule has 0 aliphatic carbocycles. The fourth-order valence-electron chi connectivity index (χ4n) is 1.83. The molecule has 0 radical (unpaired) electrons. The summed E-state index contributed by atoms with van der Waals surface area (Å²) in [7, 11) is 0. The van der Waals surface area contributed by atoms with Crippen molar-refractivity contribution in [2.24, 2.45) is 0 Å². The summed E-state index contributed by atoms with van der Waals surface area (Å²) in [5.74, 6) is 0. The van der Waals surface area contributed by atoms with Crippen LogP contribution < -0.4 is 5.32 Å². The molecule has 0 fully saturated rings. The minimum Gasteiger partial charge on any atom is -0.387 e. The minimum absolute atomic E-state index is 0.389. The maximum Gasteiger partial charge on any atom is 0.0935 e. The van der Waals surface area contributed by atoms with Crippen molar-refractivity contribution in [2.45, 2.75) is 26.0 Å². The number of aliphatic hydroxyl groups is 1. The lowest BCUT2D eigenvalue weighted by molar-refractivity contribution is 0.173. The second-order valence-corrected chi connectivity index (χ2v) is 4.37. The van der Waals surface area contributed by atoms with Gasteiger partial charge >= 0.3 is 0 Å². The Hall–Kier alpha value is -1.32. The van der Waals surface area contributed by atoms with E-state index in [9.17, 15) is 5.11 Å². The van der Waals surface area contributed by atoms with Crippen LogP contribution in [0.15, 0.2) is 30.5 Å². The fourth-order valence-corrected chi connectivity index (χ4v) is 1.83. The van der Waals surface area contributed by atoms with Gasteiger partial charge in [-0.25, -0.2) is 0 Å². The molecule has 0 amide bonds. The van der Waals surface area contributed by atoms with Gasteiger partial charge < -0.3 is 15.4 Å². The van der Waals surface area contributed by atoms with Crippen LogP contribution in [0, 0.1) is 0 Å². The highest BCUT2D eigenvalue weighted by molar-refractivity contribution is 5.83. The molecule has 1 unspecified atom stereocenters. The van der Waals surface area contributed by atoms with Crippen molar-refractivity contribution in [1.29, 1.82) is 0 Å². The molecule has 0 saturated carbocycles. The zero-order valence-corrected chi connectivity index (χ0v) is 9.70. The lowest BCUT2D eigenvalue weighted by atomic mass is 10.1. The largest absolute Gasteiger partial charge is 0.387 e. The number of aliphatic hydroxyl groups excluding tert-OH is 1. The molecule has 0 saturated heterocycles. The van der Waals surface area contributed by atoms with Crippen molar-refractivity contribution in [3.8, 4) is 0 Å². The molecule has 0 bridgehead atoms. The highest BCUT2D eigenvalue weighted by Gasteiger charge is 2.12. The van der Waals surface area contributed by atoms with Gasteiger partial charge in [0, 0.05) is 35.2 Å². The first kappa shape index (κ1) is 11.2. The van der Waals surface area contributed by atoms with Gasteiger partial charge in [0.2, 0.25) is 0 Å². The summed E-state index contributed by atoms with van der Waals surface area (Å²) in [5, 5.41) is 14.4. The van der Waals surface area contributed by atoms with Gasteiger partial charge in [0.25, 0.3) is 0 Å². The van der Waals surface area contributed by atoms with Crippen LogP contribution in [-0.2, 0) is 0 Å². The SMILES string of the molecule is CC(C)NCC(O)c1c[nH]c2ccccc12. The smallest absolute Gasteiger partial charge is 0.0935 e. The quantitative estimate of drug-likeness (QED) is 0.736. The third-order valence-corrected chi connectivity index (χ3v) is 2.70. The molecule has 0 aliphatic rings. The first-order valence-electron chi connectivity index (χ1n) is 5.66. The molecule has 0 aliphatic heterocycles. The number of benzene rings is 1. The van der Waals surface area contributed by atoms with Crippen LogP contribution in [0.25, 0.3) is 10.9 Å². The van der Waals surface area contributed by atoms with E-state index < -0.39 is 6.10 Å². The average Bonchev–Trinajstić information content (AvgIpc) is 2.69. The van der Waals surface area contributed by atoms with Crippen LogP contribution in [0.1, 0.15) is 25.5 Å². The predicted octanol–water partition coefficient (Wildman–Crippen LogP) is 2.20. The third kappa shape index (κ3) is 2.26. The number of para-hydroxylation sites is 1. The van der Waals surface area contributed by atoms with E-state index >= 15 is 0 Å². The molecule has 1 heterocycles. The van der Waals surface area contributed by atoms with Gasteiger partial charge in [-0.15, -0.1) is 0 Å². The molecule has 2 rings (SSSR count). The van der Waals surface area contributed by atoms with E-state index in [1.165, 1.54) is 0 Å². The Kier molecular flexibility index (Phi) is 3.27. The van der Waals surface area contributed by atoms with Crippen molar-refractivity contribution in [2.75, 3.05) is 6.54 Å². The molecule has 3 N–H and O–H groups in total. The maximum atomic E-state index is 10.1. The number of nitrogens with one attached hydrogen (secondary N) is 2. The van der Waals surface area contributed by atoms with E-state index in [0.29, 0.717) is 12.6 Å². The van der Waals surface area contributed by atoms with Crippen LogP contribution in [0.3, 0.4) is 0 Å². The number of aromatic amines is 1. The summed E-state index contributed by atoms with van der Waals surface area (Å²) in [4.78, 5) is 3.17. The van der Waals surface area contributed by atoms with Crippen LogP contribution in [0.5, 0.6) is 0 Å². The van der Waals surface area contributed by atoms with Crippen molar-refractivity contribution >= 4 is 10.9 Å². The number of H-pyrrole nitrogens is 1. The van der Waals surface area contributed by atoms with E-state index in [4.69, 9.17) is 0 Å². The molecule has 86 valence electrons. The van der Waals surface area contributed by atoms with E-state index in [1.807, 2.05) is 30.5 Å². The van der Waals surface area contributed by atoms with Crippen LogP contribution >= 0.6 is 0 Å². The van der Waals surface area contributed by atoms with Gasteiger partial charge in [-0.2, -0.15) is 0 Å².